The van der Waals surface area contributed by atoms with Crippen molar-refractivity contribution >= 4 is 11.7 Å². The standard InChI is InChI=1S/C28H29N5O2/c29-25-23-10-2-1-7-21(23)16-28(25)11-13-33(14-12-28)27-24(18-34)32-22(17-31-27)9-4-6-19-5-3-8-20(15-19)26(30)35/h1-3,5,7-8,10,15,17,25,34H,6,11-14,16,18,29H2,(H2,30,35)/t25-/m1/s1. The summed E-state index contributed by atoms with van der Waals surface area (Å²) in [4.78, 5) is 22.7. The van der Waals surface area contributed by atoms with E-state index < -0.39 is 5.91 Å². The van der Waals surface area contributed by atoms with E-state index in [0.717, 1.165) is 37.9 Å². The zero-order chi connectivity index (χ0) is 24.4. The van der Waals surface area contributed by atoms with Crippen LogP contribution in [0.1, 0.15) is 57.3 Å². The summed E-state index contributed by atoms with van der Waals surface area (Å²) in [6, 6.07) is 15.7. The van der Waals surface area contributed by atoms with Crippen LogP contribution in [0, 0.1) is 17.3 Å². The molecule has 2 heterocycles. The maximum atomic E-state index is 11.4. The quantitative estimate of drug-likeness (QED) is 0.508. The number of nitrogens with zero attached hydrogens (tertiary/aromatic N) is 3. The first-order valence-electron chi connectivity index (χ1n) is 11.9. The van der Waals surface area contributed by atoms with Crippen molar-refractivity contribution in [3.8, 4) is 11.8 Å². The maximum absolute atomic E-state index is 11.4. The van der Waals surface area contributed by atoms with Gasteiger partial charge < -0.3 is 21.5 Å². The number of anilines is 1. The lowest BCUT2D eigenvalue weighted by molar-refractivity contribution is 0.1000. The third-order valence-corrected chi connectivity index (χ3v) is 7.34. The van der Waals surface area contributed by atoms with Crippen molar-refractivity contribution in [2.24, 2.45) is 16.9 Å². The summed E-state index contributed by atoms with van der Waals surface area (Å²) in [7, 11) is 0. The Labute approximate surface area is 205 Å². The van der Waals surface area contributed by atoms with Crippen LogP contribution in [-0.4, -0.2) is 34.1 Å². The lowest BCUT2D eigenvalue weighted by atomic mass is 9.73. The molecule has 1 aliphatic heterocycles. The van der Waals surface area contributed by atoms with Crippen molar-refractivity contribution in [3.63, 3.8) is 0 Å². The topological polar surface area (TPSA) is 118 Å². The van der Waals surface area contributed by atoms with Crippen molar-refractivity contribution in [2.45, 2.75) is 38.3 Å². The molecule has 0 bridgehead atoms. The molecule has 7 nitrogen and oxygen atoms in total. The molecule has 5 N–H and O–H groups in total. The number of aliphatic hydroxyl groups is 1. The molecule has 1 fully saturated rings. The number of primary amides is 1. The molecular formula is C28H29N5O2. The number of fused-ring (bicyclic) bond motifs is 1. The van der Waals surface area contributed by atoms with Crippen LogP contribution in [0.5, 0.6) is 0 Å². The third kappa shape index (κ3) is 4.51. The fraction of sp³-hybridized carbons (Fsp3) is 0.321. The molecular weight excluding hydrogens is 438 g/mol. The summed E-state index contributed by atoms with van der Waals surface area (Å²) >= 11 is 0. The van der Waals surface area contributed by atoms with Gasteiger partial charge in [0.15, 0.2) is 5.82 Å². The van der Waals surface area contributed by atoms with Crippen LogP contribution in [0.4, 0.5) is 5.82 Å². The van der Waals surface area contributed by atoms with Gasteiger partial charge >= 0.3 is 0 Å². The van der Waals surface area contributed by atoms with Crippen LogP contribution in [0.15, 0.2) is 54.7 Å². The Kier molecular flexibility index (Phi) is 6.25. The minimum absolute atomic E-state index is 0.0607. The van der Waals surface area contributed by atoms with E-state index in [1.807, 2.05) is 6.07 Å². The number of hydrogen-bond acceptors (Lipinski definition) is 6. The average Bonchev–Trinajstić information content (AvgIpc) is 3.15. The summed E-state index contributed by atoms with van der Waals surface area (Å²) in [5.74, 6) is 6.34. The van der Waals surface area contributed by atoms with Gasteiger partial charge in [-0.3, -0.25) is 4.79 Å². The number of aromatic nitrogens is 2. The zero-order valence-electron chi connectivity index (χ0n) is 19.6. The molecule has 0 radical (unpaired) electrons. The molecule has 178 valence electrons. The zero-order valence-corrected chi connectivity index (χ0v) is 19.6. The fourth-order valence-electron chi connectivity index (χ4n) is 5.39. The normalized spacial score (nSPS) is 18.1. The number of aliphatic hydroxyl groups excluding tert-OH is 1. The van der Waals surface area contributed by atoms with Crippen molar-refractivity contribution in [2.75, 3.05) is 18.0 Å². The Morgan fingerprint density at radius 3 is 2.71 bits per heavy atom. The van der Waals surface area contributed by atoms with E-state index in [4.69, 9.17) is 11.5 Å². The summed E-state index contributed by atoms with van der Waals surface area (Å²) in [6.45, 7) is 1.44. The Morgan fingerprint density at radius 1 is 1.17 bits per heavy atom. The van der Waals surface area contributed by atoms with Crippen LogP contribution in [-0.2, 0) is 19.4 Å². The van der Waals surface area contributed by atoms with Gasteiger partial charge in [-0.25, -0.2) is 9.97 Å². The number of nitrogens with two attached hydrogens (primary N) is 2. The van der Waals surface area contributed by atoms with Crippen molar-refractivity contribution in [1.29, 1.82) is 0 Å². The molecule has 0 saturated carbocycles. The number of carbonyl (C=O) groups excluding carboxylic acids is 1. The van der Waals surface area contributed by atoms with Gasteiger partial charge in [-0.1, -0.05) is 42.3 Å². The van der Waals surface area contributed by atoms with E-state index in [0.29, 0.717) is 29.2 Å². The van der Waals surface area contributed by atoms with Gasteiger partial charge in [-0.2, -0.15) is 0 Å². The van der Waals surface area contributed by atoms with Gasteiger partial charge in [-0.15, -0.1) is 0 Å². The molecule has 1 atom stereocenters. The van der Waals surface area contributed by atoms with Crippen LogP contribution < -0.4 is 16.4 Å². The molecule has 0 unspecified atom stereocenters. The fourth-order valence-corrected chi connectivity index (χ4v) is 5.39. The monoisotopic (exact) mass is 467 g/mol. The molecule has 1 aliphatic carbocycles. The number of carbonyl (C=O) groups is 1. The molecule has 5 rings (SSSR count). The van der Waals surface area contributed by atoms with Crippen molar-refractivity contribution < 1.29 is 9.90 Å². The number of piperidine rings is 1. The largest absolute Gasteiger partial charge is 0.390 e. The van der Waals surface area contributed by atoms with E-state index in [1.54, 1.807) is 24.4 Å². The Bertz CT molecular complexity index is 1320. The predicted octanol–water partition coefficient (Wildman–Crippen LogP) is 2.50. The molecule has 35 heavy (non-hydrogen) atoms. The molecule has 2 aromatic carbocycles. The van der Waals surface area contributed by atoms with E-state index in [-0.39, 0.29) is 18.1 Å². The second-order valence-corrected chi connectivity index (χ2v) is 9.43. The van der Waals surface area contributed by atoms with Gasteiger partial charge in [0.05, 0.1) is 12.8 Å². The van der Waals surface area contributed by atoms with E-state index in [1.165, 1.54) is 11.1 Å². The molecule has 1 spiro atoms. The summed E-state index contributed by atoms with van der Waals surface area (Å²) in [6.07, 6.45) is 5.08. The van der Waals surface area contributed by atoms with Gasteiger partial charge in [0.2, 0.25) is 5.91 Å². The summed E-state index contributed by atoms with van der Waals surface area (Å²) in [5, 5.41) is 9.98. The highest BCUT2D eigenvalue weighted by Crippen LogP contribution is 2.50. The minimum atomic E-state index is -0.461. The third-order valence-electron chi connectivity index (χ3n) is 7.34. The molecule has 2 aliphatic rings. The highest BCUT2D eigenvalue weighted by Gasteiger charge is 2.46. The van der Waals surface area contributed by atoms with E-state index in [9.17, 15) is 9.90 Å². The van der Waals surface area contributed by atoms with Crippen LogP contribution >= 0.6 is 0 Å². The first-order valence-corrected chi connectivity index (χ1v) is 11.9. The Balaban J connectivity index is 1.27. The SMILES string of the molecule is NC(=O)c1cccc(CC#Cc2cnc(N3CCC4(CC3)Cc3ccccc3[C@H]4N)c(CO)n2)c1. The minimum Gasteiger partial charge on any atom is -0.390 e. The second kappa shape index (κ2) is 9.49. The molecule has 3 aromatic rings. The van der Waals surface area contributed by atoms with Crippen LogP contribution in [0.25, 0.3) is 0 Å². The summed E-state index contributed by atoms with van der Waals surface area (Å²) in [5.41, 5.74) is 17.2. The van der Waals surface area contributed by atoms with Gasteiger partial charge in [0.25, 0.3) is 0 Å². The van der Waals surface area contributed by atoms with Crippen LogP contribution in [0.3, 0.4) is 0 Å². The second-order valence-electron chi connectivity index (χ2n) is 9.43. The van der Waals surface area contributed by atoms with Crippen LogP contribution in [0.2, 0.25) is 0 Å². The highest BCUT2D eigenvalue weighted by molar-refractivity contribution is 5.92. The Hall–Kier alpha value is -3.73. The lowest BCUT2D eigenvalue weighted by Crippen LogP contribution is -2.45. The molecule has 1 amide bonds. The predicted molar refractivity (Wildman–Crippen MR) is 134 cm³/mol. The number of hydrogen-bond donors (Lipinski definition) is 3. The molecule has 1 aromatic heterocycles. The number of rotatable bonds is 4. The van der Waals surface area contributed by atoms with Gasteiger partial charge in [-0.05, 0) is 59.4 Å². The number of benzene rings is 2. The van der Waals surface area contributed by atoms with Gasteiger partial charge in [0, 0.05) is 31.1 Å². The summed E-state index contributed by atoms with van der Waals surface area (Å²) < 4.78 is 0. The lowest BCUT2D eigenvalue weighted by Gasteiger charge is -2.42. The van der Waals surface area contributed by atoms with Gasteiger partial charge in [0.1, 0.15) is 11.4 Å². The Morgan fingerprint density at radius 2 is 1.97 bits per heavy atom. The number of amides is 1. The molecule has 1 saturated heterocycles. The smallest absolute Gasteiger partial charge is 0.248 e. The van der Waals surface area contributed by atoms with Crippen molar-refractivity contribution in [3.05, 3.63) is 88.4 Å². The van der Waals surface area contributed by atoms with Crippen molar-refractivity contribution in [1.82, 2.24) is 9.97 Å². The molecule has 7 heteroatoms. The highest BCUT2D eigenvalue weighted by atomic mass is 16.3. The maximum Gasteiger partial charge on any atom is 0.248 e. The van der Waals surface area contributed by atoms with E-state index in [2.05, 4.69) is 51.0 Å². The van der Waals surface area contributed by atoms with E-state index >= 15 is 0 Å². The average molecular weight is 468 g/mol. The first-order chi connectivity index (χ1) is 17.0. The first kappa shape index (κ1) is 23.0.